The third-order valence-electron chi connectivity index (χ3n) is 5.70. The molecule has 4 rings (SSSR count). The molecule has 2 bridgehead atoms. The van der Waals surface area contributed by atoms with Crippen molar-refractivity contribution in [3.05, 3.63) is 40.3 Å². The normalized spacial score (nSPS) is 27.3. The second-order valence-corrected chi connectivity index (χ2v) is 7.05. The summed E-state index contributed by atoms with van der Waals surface area (Å²) < 4.78 is 0. The molecule has 1 amide bonds. The zero-order chi connectivity index (χ0) is 16.0. The first kappa shape index (κ1) is 14.4. The molecule has 5 heteroatoms. The molecular weight excluding hydrogens is 290 g/mol. The van der Waals surface area contributed by atoms with Crippen molar-refractivity contribution in [3.8, 4) is 0 Å². The van der Waals surface area contributed by atoms with Gasteiger partial charge in [-0.05, 0) is 50.0 Å². The molecule has 0 radical (unpaired) electrons. The quantitative estimate of drug-likeness (QED) is 0.914. The highest BCUT2D eigenvalue weighted by atomic mass is 16.2. The van der Waals surface area contributed by atoms with E-state index < -0.39 is 0 Å². The molecular formula is C18H21N3O2. The van der Waals surface area contributed by atoms with E-state index in [2.05, 4.69) is 22.4 Å². The van der Waals surface area contributed by atoms with E-state index in [0.717, 1.165) is 11.8 Å². The van der Waals surface area contributed by atoms with Crippen LogP contribution in [0.4, 0.5) is 0 Å². The van der Waals surface area contributed by atoms with Crippen molar-refractivity contribution in [1.82, 2.24) is 15.5 Å². The zero-order valence-electron chi connectivity index (χ0n) is 13.2. The Bertz CT molecular complexity index is 813. The highest BCUT2D eigenvalue weighted by Crippen LogP contribution is 2.49. The van der Waals surface area contributed by atoms with Gasteiger partial charge in [0.1, 0.15) is 0 Å². The number of H-pyrrole nitrogens is 1. The molecule has 4 unspecified atom stereocenters. The van der Waals surface area contributed by atoms with Crippen molar-refractivity contribution in [2.45, 2.75) is 38.6 Å². The van der Waals surface area contributed by atoms with Crippen LogP contribution in [0.5, 0.6) is 0 Å². The highest BCUT2D eigenvalue weighted by Gasteiger charge is 2.42. The Labute approximate surface area is 134 Å². The predicted octanol–water partition coefficient (Wildman–Crippen LogP) is 2.48. The van der Waals surface area contributed by atoms with Gasteiger partial charge in [0.25, 0.3) is 11.5 Å². The number of benzene rings is 1. The van der Waals surface area contributed by atoms with Crippen LogP contribution in [0.1, 0.15) is 43.1 Å². The van der Waals surface area contributed by atoms with Crippen LogP contribution in [0.15, 0.2) is 29.1 Å². The third kappa shape index (κ3) is 2.44. The summed E-state index contributed by atoms with van der Waals surface area (Å²) in [5.74, 6) is 1.99. The van der Waals surface area contributed by atoms with Gasteiger partial charge in [0, 0.05) is 11.4 Å². The Morgan fingerprint density at radius 3 is 2.74 bits per heavy atom. The van der Waals surface area contributed by atoms with Crippen LogP contribution in [-0.2, 0) is 0 Å². The highest BCUT2D eigenvalue weighted by molar-refractivity contribution is 6.04. The first-order valence-corrected chi connectivity index (χ1v) is 8.41. The van der Waals surface area contributed by atoms with Crippen LogP contribution in [0, 0.1) is 17.8 Å². The lowest BCUT2D eigenvalue weighted by atomic mass is 9.84. The molecule has 5 nitrogen and oxygen atoms in total. The smallest absolute Gasteiger partial charge is 0.272 e. The number of fused-ring (bicyclic) bond motifs is 3. The summed E-state index contributed by atoms with van der Waals surface area (Å²) in [4.78, 5) is 24.5. The number of carbonyl (C=O) groups excluding carboxylic acids is 1. The predicted molar refractivity (Wildman–Crippen MR) is 88.2 cm³/mol. The maximum absolute atomic E-state index is 12.6. The summed E-state index contributed by atoms with van der Waals surface area (Å²) in [7, 11) is 0. The van der Waals surface area contributed by atoms with Crippen molar-refractivity contribution in [2.24, 2.45) is 17.8 Å². The van der Waals surface area contributed by atoms with Crippen LogP contribution in [-0.4, -0.2) is 22.1 Å². The van der Waals surface area contributed by atoms with Gasteiger partial charge in [-0.3, -0.25) is 9.59 Å². The lowest BCUT2D eigenvalue weighted by Crippen LogP contribution is -2.40. The average Bonchev–Trinajstić information content (AvgIpc) is 3.18. The summed E-state index contributed by atoms with van der Waals surface area (Å²) in [5, 5.41) is 10.6. The Morgan fingerprint density at radius 1 is 1.26 bits per heavy atom. The van der Waals surface area contributed by atoms with E-state index in [9.17, 15) is 9.59 Å². The van der Waals surface area contributed by atoms with E-state index in [-0.39, 0.29) is 17.5 Å². The molecule has 2 aliphatic carbocycles. The summed E-state index contributed by atoms with van der Waals surface area (Å²) in [6.45, 7) is 2.09. The number of nitrogens with zero attached hydrogens (tertiary/aromatic N) is 1. The monoisotopic (exact) mass is 311 g/mol. The second kappa shape index (κ2) is 5.48. The fraction of sp³-hybridized carbons (Fsp3) is 0.500. The Kier molecular flexibility index (Phi) is 3.43. The Morgan fingerprint density at radius 2 is 2.04 bits per heavy atom. The van der Waals surface area contributed by atoms with Gasteiger partial charge < -0.3 is 5.32 Å². The molecule has 2 aliphatic rings. The van der Waals surface area contributed by atoms with E-state index in [1.807, 2.05) is 6.07 Å². The van der Waals surface area contributed by atoms with Gasteiger partial charge in [-0.1, -0.05) is 24.6 Å². The standard InChI is InChI=1S/C18H21N3O2/c1-10(15-9-11-6-7-12(15)8-11)19-18(23)16-13-4-2-3-5-14(13)17(22)21-20-16/h2-5,10-12,15H,6-9H2,1H3,(H,19,23)(H,21,22). The van der Waals surface area contributed by atoms with Crippen molar-refractivity contribution >= 4 is 16.7 Å². The summed E-state index contributed by atoms with van der Waals surface area (Å²) >= 11 is 0. The van der Waals surface area contributed by atoms with Crippen LogP contribution in [0.2, 0.25) is 0 Å². The van der Waals surface area contributed by atoms with Crippen molar-refractivity contribution in [2.75, 3.05) is 0 Å². The lowest BCUT2D eigenvalue weighted by Gasteiger charge is -2.28. The molecule has 2 N–H and O–H groups in total. The number of hydrogen-bond acceptors (Lipinski definition) is 3. The topological polar surface area (TPSA) is 74.8 Å². The van der Waals surface area contributed by atoms with Crippen LogP contribution in [0.3, 0.4) is 0 Å². The first-order valence-electron chi connectivity index (χ1n) is 8.41. The van der Waals surface area contributed by atoms with Gasteiger partial charge in [0.2, 0.25) is 0 Å². The fourth-order valence-corrected chi connectivity index (χ4v) is 4.58. The van der Waals surface area contributed by atoms with Gasteiger partial charge in [-0.25, -0.2) is 5.10 Å². The van der Waals surface area contributed by atoms with Crippen molar-refractivity contribution < 1.29 is 4.79 Å². The maximum atomic E-state index is 12.6. The number of aromatic amines is 1. The number of carbonyl (C=O) groups is 1. The Hall–Kier alpha value is -2.17. The number of nitrogens with one attached hydrogen (secondary N) is 2. The molecule has 4 atom stereocenters. The zero-order valence-corrected chi connectivity index (χ0v) is 13.2. The largest absolute Gasteiger partial charge is 0.348 e. The van der Waals surface area contributed by atoms with Crippen molar-refractivity contribution in [3.63, 3.8) is 0 Å². The van der Waals surface area contributed by atoms with Crippen LogP contribution < -0.4 is 10.9 Å². The molecule has 1 aromatic heterocycles. The average molecular weight is 311 g/mol. The molecule has 0 aliphatic heterocycles. The lowest BCUT2D eigenvalue weighted by molar-refractivity contribution is 0.0911. The molecule has 0 spiro atoms. The van der Waals surface area contributed by atoms with E-state index in [4.69, 9.17) is 0 Å². The van der Waals surface area contributed by atoms with Crippen LogP contribution in [0.25, 0.3) is 10.8 Å². The minimum atomic E-state index is -0.265. The molecule has 0 saturated heterocycles. The van der Waals surface area contributed by atoms with Gasteiger partial charge >= 0.3 is 0 Å². The fourth-order valence-electron chi connectivity index (χ4n) is 4.58. The molecule has 2 saturated carbocycles. The van der Waals surface area contributed by atoms with E-state index >= 15 is 0 Å². The maximum Gasteiger partial charge on any atom is 0.272 e. The summed E-state index contributed by atoms with van der Waals surface area (Å²) in [6, 6.07) is 7.24. The SMILES string of the molecule is CC(NC(=O)c1n[nH]c(=O)c2ccccc12)C1CC2CCC1C2. The minimum absolute atomic E-state index is 0.144. The molecule has 2 fully saturated rings. The Balaban J connectivity index is 1.58. The van der Waals surface area contributed by atoms with E-state index in [1.165, 1.54) is 25.7 Å². The van der Waals surface area contributed by atoms with E-state index in [1.54, 1.807) is 18.2 Å². The number of hydrogen-bond donors (Lipinski definition) is 2. The van der Waals surface area contributed by atoms with Crippen molar-refractivity contribution in [1.29, 1.82) is 0 Å². The van der Waals surface area contributed by atoms with E-state index in [0.29, 0.717) is 22.4 Å². The first-order chi connectivity index (χ1) is 11.1. The molecule has 2 aromatic rings. The van der Waals surface area contributed by atoms with Gasteiger partial charge in [0.15, 0.2) is 5.69 Å². The molecule has 120 valence electrons. The molecule has 1 aromatic carbocycles. The summed E-state index contributed by atoms with van der Waals surface area (Å²) in [6.07, 6.45) is 5.21. The van der Waals surface area contributed by atoms with Gasteiger partial charge in [0.05, 0.1) is 5.39 Å². The van der Waals surface area contributed by atoms with Gasteiger partial charge in [-0.2, -0.15) is 5.10 Å². The van der Waals surface area contributed by atoms with Crippen LogP contribution >= 0.6 is 0 Å². The second-order valence-electron chi connectivity index (χ2n) is 7.05. The minimum Gasteiger partial charge on any atom is -0.348 e. The third-order valence-corrected chi connectivity index (χ3v) is 5.70. The summed E-state index contributed by atoms with van der Waals surface area (Å²) in [5.41, 5.74) is 0.0357. The number of rotatable bonds is 3. The molecule has 1 heterocycles. The number of aromatic nitrogens is 2. The number of amides is 1. The molecule has 23 heavy (non-hydrogen) atoms. The van der Waals surface area contributed by atoms with Gasteiger partial charge in [-0.15, -0.1) is 0 Å².